The van der Waals surface area contributed by atoms with Crippen LogP contribution in [0, 0.1) is 0 Å². The fourth-order valence-corrected chi connectivity index (χ4v) is 15.4. The van der Waals surface area contributed by atoms with Crippen molar-refractivity contribution in [3.63, 3.8) is 0 Å². The second kappa shape index (κ2) is 43.1. The van der Waals surface area contributed by atoms with E-state index in [4.69, 9.17) is 90.0 Å². The molecule has 10 heterocycles. The Labute approximate surface area is 678 Å². The third-order valence-electron chi connectivity index (χ3n) is 22.1. The number of carbonyl (C=O) groups is 3. The zero-order valence-corrected chi connectivity index (χ0v) is 63.9. The molecular weight excluding hydrogens is 1650 g/mol. The molecule has 10 fully saturated rings. The summed E-state index contributed by atoms with van der Waals surface area (Å²) in [6.07, 6.45) is -99.6. The van der Waals surface area contributed by atoms with E-state index in [2.05, 4.69) is 16.0 Å². The number of ether oxygens (including phenoxy) is 19. The molecule has 0 bridgehead atoms. The average Bonchev–Trinajstić information content (AvgIpc) is 0.758. The van der Waals surface area contributed by atoms with Crippen molar-refractivity contribution < 1.29 is 252 Å². The van der Waals surface area contributed by atoms with Crippen LogP contribution in [0.2, 0.25) is 0 Å². The molecule has 10 aliphatic heterocycles. The van der Waals surface area contributed by atoms with Crippen LogP contribution >= 0.6 is 0 Å². The van der Waals surface area contributed by atoms with E-state index in [0.717, 1.165) is 20.8 Å². The maximum absolute atomic E-state index is 13.1. The Balaban J connectivity index is 0.971. The molecular formula is C66H111N3O51. The van der Waals surface area contributed by atoms with Crippen molar-refractivity contribution in [1.82, 2.24) is 16.0 Å². The smallest absolute Gasteiger partial charge is 0.217 e. The van der Waals surface area contributed by atoms with Crippen molar-refractivity contribution in [2.75, 3.05) is 66.1 Å². The quantitative estimate of drug-likeness (QED) is 0.0306. The fraction of sp³-hybridized carbons (Fsp3) is 0.955. The molecule has 0 unspecified atom stereocenters. The van der Waals surface area contributed by atoms with Gasteiger partial charge in [0.1, 0.15) is 244 Å². The molecule has 50 atom stereocenters. The summed E-state index contributed by atoms with van der Waals surface area (Å²) in [5.74, 6) is -2.78. The normalized spacial score (nSPS) is 50.4. The summed E-state index contributed by atoms with van der Waals surface area (Å²) < 4.78 is 111. The van der Waals surface area contributed by atoms with Crippen LogP contribution in [0.1, 0.15) is 20.8 Å². The Kier molecular flexibility index (Phi) is 35.4. The Hall–Kier alpha value is -3.51. The number of hydrogen-bond acceptors (Lipinski definition) is 51. The largest absolute Gasteiger partial charge is 0.394 e. The first-order valence-electron chi connectivity index (χ1n) is 38.2. The highest BCUT2D eigenvalue weighted by molar-refractivity contribution is 5.74. The van der Waals surface area contributed by atoms with Gasteiger partial charge in [0.25, 0.3) is 0 Å². The molecule has 0 spiro atoms. The summed E-state index contributed by atoms with van der Waals surface area (Å²) in [7, 11) is 0. The van der Waals surface area contributed by atoms with Gasteiger partial charge in [0.2, 0.25) is 17.7 Å². The van der Waals surface area contributed by atoms with Crippen molar-refractivity contribution in [3.05, 3.63) is 0 Å². The molecule has 54 heteroatoms. The number of rotatable bonds is 31. The Morgan fingerprint density at radius 3 is 0.825 bits per heavy atom. The lowest BCUT2D eigenvalue weighted by molar-refractivity contribution is -0.400. The number of amides is 3. The lowest BCUT2D eigenvalue weighted by Crippen LogP contribution is -2.71. The number of hydrogen-bond donors (Lipinski definition) is 32. The standard InChI is InChI=1S/C66H111N3O51/c1-14(78)67-27-37(88)50(22(9-75)104-57(27)101)114-58-28(68-15(2)79)38(89)52(23(10-76)110-58)116-65-49(100)55(36(87)26(113-65)13-103-61-47(98)54(118-63-46(97)42(93)32(83)19(6-72)107-63)35(86)25(112-61)12-102-60-44(95)40(91)30(81)17(4-70)105-60)119-66-56(43(94)33(84)20(7-73)109-66)120-59-29(69-16(3)80)39(90)51(24(11-77)111-59)115-64-48(99)53(34(85)21(8-74)108-64)117-62-45(96)41(92)31(82)18(5-71)106-62/h17-66,70-77,81-101H,4-13H2,1-3H3,(H,67,78)(H,68,79)(H,69,80)/t17-,18-,19-,20-,21-,22-,23-,24-,25-,26-,27-,28-,29-,30-,31+,32-,33-,34+,35-,36-,37-,38-,39-,40+,41+,42+,43+,44+,45-,46+,47+,48-,49+,50-,51-,52-,53+,54+,55+,56+,57-,58+,59+,60+,61+,62-,63-,64+,65+,66-/m1/s1. The minimum absolute atomic E-state index is 0.802. The van der Waals surface area contributed by atoms with E-state index in [9.17, 15) is 162 Å². The molecule has 0 aromatic rings. The van der Waals surface area contributed by atoms with Gasteiger partial charge in [-0.1, -0.05) is 0 Å². The van der Waals surface area contributed by atoms with Gasteiger partial charge in [-0.15, -0.1) is 0 Å². The van der Waals surface area contributed by atoms with Gasteiger partial charge in [-0.05, 0) is 0 Å². The second-order valence-corrected chi connectivity index (χ2v) is 30.3. The molecule has 0 radical (unpaired) electrons. The van der Waals surface area contributed by atoms with Crippen molar-refractivity contribution in [2.45, 2.75) is 328 Å². The molecule has 32 N–H and O–H groups in total. The molecule has 696 valence electrons. The third-order valence-corrected chi connectivity index (χ3v) is 22.1. The minimum Gasteiger partial charge on any atom is -0.394 e. The summed E-state index contributed by atoms with van der Waals surface area (Å²) in [5, 5.41) is 328. The van der Waals surface area contributed by atoms with Crippen molar-refractivity contribution in [3.8, 4) is 0 Å². The Morgan fingerprint density at radius 1 is 0.217 bits per heavy atom. The van der Waals surface area contributed by atoms with Gasteiger partial charge in [0, 0.05) is 20.8 Å². The Morgan fingerprint density at radius 2 is 0.450 bits per heavy atom. The zero-order chi connectivity index (χ0) is 88.2. The van der Waals surface area contributed by atoms with E-state index in [0.29, 0.717) is 0 Å². The zero-order valence-electron chi connectivity index (χ0n) is 63.9. The summed E-state index contributed by atoms with van der Waals surface area (Å²) in [6, 6.07) is -5.68. The lowest BCUT2D eigenvalue weighted by Gasteiger charge is -2.51. The third kappa shape index (κ3) is 21.4. The summed E-state index contributed by atoms with van der Waals surface area (Å²) in [5.41, 5.74) is 0. The summed E-state index contributed by atoms with van der Waals surface area (Å²) >= 11 is 0. The van der Waals surface area contributed by atoms with Gasteiger partial charge in [-0.2, -0.15) is 0 Å². The average molecular weight is 1760 g/mol. The number of nitrogens with one attached hydrogen (secondary N) is 3. The molecule has 10 aliphatic rings. The molecule has 10 saturated heterocycles. The predicted molar refractivity (Wildman–Crippen MR) is 364 cm³/mol. The van der Waals surface area contributed by atoms with E-state index in [1.54, 1.807) is 0 Å². The fourth-order valence-electron chi connectivity index (χ4n) is 15.4. The maximum Gasteiger partial charge on any atom is 0.217 e. The van der Waals surface area contributed by atoms with Gasteiger partial charge in [-0.3, -0.25) is 14.4 Å². The second-order valence-electron chi connectivity index (χ2n) is 30.3. The topological polar surface area (TPSA) is 849 Å². The van der Waals surface area contributed by atoms with Crippen LogP contribution in [0.4, 0.5) is 0 Å². The first-order chi connectivity index (χ1) is 56.8. The molecule has 10 rings (SSSR count). The van der Waals surface area contributed by atoms with Crippen LogP contribution in [0.25, 0.3) is 0 Å². The van der Waals surface area contributed by atoms with Crippen molar-refractivity contribution in [1.29, 1.82) is 0 Å². The van der Waals surface area contributed by atoms with E-state index in [-0.39, 0.29) is 0 Å². The minimum atomic E-state index is -2.62. The van der Waals surface area contributed by atoms with Crippen LogP contribution in [0.5, 0.6) is 0 Å². The van der Waals surface area contributed by atoms with Gasteiger partial charge < -0.3 is 254 Å². The van der Waals surface area contributed by atoms with Gasteiger partial charge in [-0.25, -0.2) is 0 Å². The van der Waals surface area contributed by atoms with E-state index >= 15 is 0 Å². The first-order valence-corrected chi connectivity index (χ1v) is 38.2. The van der Waals surface area contributed by atoms with Gasteiger partial charge in [0.05, 0.1) is 66.1 Å². The van der Waals surface area contributed by atoms with Gasteiger partial charge >= 0.3 is 0 Å². The van der Waals surface area contributed by atoms with E-state index < -0.39 is 391 Å². The summed E-state index contributed by atoms with van der Waals surface area (Å²) in [4.78, 5) is 38.3. The molecule has 0 aromatic heterocycles. The summed E-state index contributed by atoms with van der Waals surface area (Å²) in [6.45, 7) is -8.18. The first kappa shape index (κ1) is 98.7. The highest BCUT2D eigenvalue weighted by Gasteiger charge is 2.62. The van der Waals surface area contributed by atoms with Crippen molar-refractivity contribution in [2.24, 2.45) is 0 Å². The van der Waals surface area contributed by atoms with Crippen LogP contribution in [-0.2, 0) is 104 Å². The maximum atomic E-state index is 13.1. The molecule has 0 aliphatic carbocycles. The highest BCUT2D eigenvalue weighted by Crippen LogP contribution is 2.41. The number of aliphatic hydroxyl groups is 29. The highest BCUT2D eigenvalue weighted by atomic mass is 16.8. The number of carbonyl (C=O) groups excluding carboxylic acids is 3. The predicted octanol–water partition coefficient (Wildman–Crippen LogP) is -22.4. The lowest BCUT2D eigenvalue weighted by atomic mass is 9.93. The van der Waals surface area contributed by atoms with Crippen LogP contribution in [0.3, 0.4) is 0 Å². The van der Waals surface area contributed by atoms with Gasteiger partial charge in [0.15, 0.2) is 62.9 Å². The molecule has 3 amide bonds. The Bertz CT molecular complexity index is 3180. The van der Waals surface area contributed by atoms with E-state index in [1.807, 2.05) is 0 Å². The molecule has 0 aromatic carbocycles. The monoisotopic (exact) mass is 1760 g/mol. The van der Waals surface area contributed by atoms with E-state index in [1.165, 1.54) is 0 Å². The van der Waals surface area contributed by atoms with Crippen LogP contribution in [-0.4, -0.2) is 539 Å². The van der Waals surface area contributed by atoms with Crippen molar-refractivity contribution >= 4 is 17.7 Å². The van der Waals surface area contributed by atoms with Crippen LogP contribution in [0.15, 0.2) is 0 Å². The molecule has 0 saturated carbocycles. The SMILES string of the molecule is CC(=O)N[C@@H]1[C@@H](O)[C@H](O[C@@H]2O[C@H](CO)[C@@H](O[C@@H]3O[C@H](CO[C@H]4O[C@H](CO[C@H]5O[C@H](CO)[C@@H](O)[C@H](O)[C@@H]5O)[C@@H](O)[C@H](O[C@H]5O[C@H](CO)[C@@H](O)[C@H](O)[C@@H]5O)[C@@H]4O)[C@@H](O)[C@H](O[C@H]4O[C@H](CO)[C@@H](O)[C@H](O)[C@@H]4O[C@@H]4O[C@H](CO)[C@@H](O[C@@H]5O[C@H](CO)[C@H](O)[C@H](O[C@H]6O[C@H](CO)[C@H](O)[C@H](O)[C@H]6O)[C@H]5O)[C@H](O)[C@H]4NC(C)=O)[C@@H]3O)[C@H](O)[C@H]2NC(C)=O)[C@@H](CO)O[C@H]1O. The van der Waals surface area contributed by atoms with Crippen LogP contribution < -0.4 is 16.0 Å². The molecule has 54 nitrogen and oxygen atoms in total. The molecule has 120 heavy (non-hydrogen) atoms. The number of aliphatic hydroxyl groups excluding tert-OH is 29.